The second-order valence-electron chi connectivity index (χ2n) is 5.69. The molecule has 0 aliphatic rings. The molecular weight excluding hydrogens is 366 g/mol. The zero-order valence-corrected chi connectivity index (χ0v) is 15.7. The Kier molecular flexibility index (Phi) is 8.61. The largest absolute Gasteiger partial charge is 0.395 e. The van der Waals surface area contributed by atoms with Gasteiger partial charge in [-0.05, 0) is 36.6 Å². The van der Waals surface area contributed by atoms with E-state index in [1.54, 1.807) is 24.3 Å². The maximum absolute atomic E-state index is 12.4. The zero-order valence-electron chi connectivity index (χ0n) is 13.3. The van der Waals surface area contributed by atoms with Crippen molar-refractivity contribution >= 4 is 26.0 Å². The van der Waals surface area contributed by atoms with Gasteiger partial charge in [-0.3, -0.25) is 0 Å². The second kappa shape index (κ2) is 9.65. The van der Waals surface area contributed by atoms with Gasteiger partial charge < -0.3 is 5.11 Å². The van der Waals surface area contributed by atoms with Crippen molar-refractivity contribution in [1.82, 2.24) is 4.72 Å². The average molecular weight is 392 g/mol. The molecule has 126 valence electrons. The second-order valence-corrected chi connectivity index (χ2v) is 8.32. The van der Waals surface area contributed by atoms with Gasteiger partial charge in [0.05, 0.1) is 11.5 Å². The highest BCUT2D eigenvalue weighted by Crippen LogP contribution is 2.18. The van der Waals surface area contributed by atoms with Gasteiger partial charge in [0.15, 0.2) is 0 Å². The number of aliphatic hydroxyl groups excluding tert-OH is 1. The number of unbranched alkanes of at least 4 members (excludes halogenated alkanes) is 3. The van der Waals surface area contributed by atoms with Gasteiger partial charge in [-0.1, -0.05) is 55.5 Å². The number of hydrogen-bond acceptors (Lipinski definition) is 3. The van der Waals surface area contributed by atoms with E-state index in [9.17, 15) is 13.5 Å². The minimum absolute atomic E-state index is 0.104. The molecule has 0 spiro atoms. The lowest BCUT2D eigenvalue weighted by atomic mass is 9.96. The van der Waals surface area contributed by atoms with Crippen LogP contribution in [0.4, 0.5) is 0 Å². The van der Waals surface area contributed by atoms with E-state index in [1.807, 2.05) is 6.92 Å². The van der Waals surface area contributed by atoms with Gasteiger partial charge in [0.2, 0.25) is 10.0 Å². The monoisotopic (exact) mass is 391 g/mol. The Balaban J connectivity index is 2.65. The van der Waals surface area contributed by atoms with Gasteiger partial charge in [0.1, 0.15) is 0 Å². The summed E-state index contributed by atoms with van der Waals surface area (Å²) in [4.78, 5) is 0.215. The molecule has 6 heteroatoms. The van der Waals surface area contributed by atoms with Crippen LogP contribution in [-0.4, -0.2) is 26.2 Å². The molecule has 0 saturated carbocycles. The summed E-state index contributed by atoms with van der Waals surface area (Å²) < 4.78 is 28.2. The summed E-state index contributed by atoms with van der Waals surface area (Å²) in [5.41, 5.74) is 0. The molecule has 1 rings (SSSR count). The first kappa shape index (κ1) is 19.6. The van der Waals surface area contributed by atoms with Crippen molar-refractivity contribution in [2.45, 2.75) is 56.9 Å². The van der Waals surface area contributed by atoms with Gasteiger partial charge in [0, 0.05) is 10.5 Å². The highest BCUT2D eigenvalue weighted by molar-refractivity contribution is 9.10. The molecule has 2 N–H and O–H groups in total. The summed E-state index contributed by atoms with van der Waals surface area (Å²) in [6.45, 7) is 3.95. The molecular formula is C16H26BrNO3S. The number of rotatable bonds is 10. The topological polar surface area (TPSA) is 66.4 Å². The summed E-state index contributed by atoms with van der Waals surface area (Å²) in [7, 11) is -3.60. The van der Waals surface area contributed by atoms with Crippen LogP contribution in [0.25, 0.3) is 0 Å². The van der Waals surface area contributed by atoms with E-state index in [0.29, 0.717) is 0 Å². The lowest BCUT2D eigenvalue weighted by Gasteiger charge is -2.23. The number of nitrogens with one attached hydrogen (secondary N) is 1. The van der Waals surface area contributed by atoms with Crippen LogP contribution in [0.1, 0.15) is 46.0 Å². The van der Waals surface area contributed by atoms with E-state index in [4.69, 9.17) is 0 Å². The average Bonchev–Trinajstić information content (AvgIpc) is 2.49. The Morgan fingerprint density at radius 3 is 2.36 bits per heavy atom. The van der Waals surface area contributed by atoms with Crippen LogP contribution >= 0.6 is 15.9 Å². The Morgan fingerprint density at radius 2 is 1.82 bits per heavy atom. The van der Waals surface area contributed by atoms with Gasteiger partial charge in [-0.25, -0.2) is 13.1 Å². The standard InChI is InChI=1S/C16H26BrNO3S/c1-3-4-5-6-7-13(2)16(12-19)18-22(20,21)15-10-8-14(17)9-11-15/h8-11,13,16,18-19H,3-7,12H2,1-2H3. The molecule has 1 aromatic carbocycles. The summed E-state index contributed by atoms with van der Waals surface area (Å²) in [5, 5.41) is 9.52. The van der Waals surface area contributed by atoms with Gasteiger partial charge in [-0.15, -0.1) is 0 Å². The Hall–Kier alpha value is -0.430. The number of halogens is 1. The number of aliphatic hydroxyl groups is 1. The summed E-state index contributed by atoms with van der Waals surface area (Å²) in [5.74, 6) is 0.104. The molecule has 0 saturated heterocycles. The van der Waals surface area contributed by atoms with E-state index in [0.717, 1.165) is 23.7 Å². The molecule has 0 radical (unpaired) electrons. The van der Waals surface area contributed by atoms with Crippen molar-refractivity contribution in [1.29, 1.82) is 0 Å². The van der Waals surface area contributed by atoms with Crippen molar-refractivity contribution in [3.8, 4) is 0 Å². The van der Waals surface area contributed by atoms with Crippen LogP contribution in [0.2, 0.25) is 0 Å². The van der Waals surface area contributed by atoms with Crippen LogP contribution in [0.15, 0.2) is 33.6 Å². The smallest absolute Gasteiger partial charge is 0.240 e. The van der Waals surface area contributed by atoms with Crippen molar-refractivity contribution in [3.63, 3.8) is 0 Å². The van der Waals surface area contributed by atoms with E-state index in [2.05, 4.69) is 27.6 Å². The number of hydrogen-bond donors (Lipinski definition) is 2. The predicted octanol–water partition coefficient (Wildman–Crippen LogP) is 3.69. The molecule has 0 aliphatic heterocycles. The van der Waals surface area contributed by atoms with Gasteiger partial charge >= 0.3 is 0 Å². The highest BCUT2D eigenvalue weighted by Gasteiger charge is 2.23. The summed E-state index contributed by atoms with van der Waals surface area (Å²) in [6, 6.07) is 6.03. The molecule has 2 atom stereocenters. The first-order chi connectivity index (χ1) is 10.4. The molecule has 2 unspecified atom stereocenters. The molecule has 0 aliphatic carbocycles. The number of benzene rings is 1. The number of sulfonamides is 1. The Bertz CT molecular complexity index is 531. The SMILES string of the molecule is CCCCCCC(C)C(CO)NS(=O)(=O)c1ccc(Br)cc1. The van der Waals surface area contributed by atoms with Crippen molar-refractivity contribution in [2.75, 3.05) is 6.61 Å². The van der Waals surface area contributed by atoms with Crippen LogP contribution in [0.5, 0.6) is 0 Å². The fourth-order valence-corrected chi connectivity index (χ4v) is 3.91. The maximum Gasteiger partial charge on any atom is 0.240 e. The Morgan fingerprint density at radius 1 is 1.18 bits per heavy atom. The molecule has 0 aromatic heterocycles. The van der Waals surface area contributed by atoms with Crippen LogP contribution in [0.3, 0.4) is 0 Å². The summed E-state index contributed by atoms with van der Waals surface area (Å²) in [6.07, 6.45) is 5.49. The minimum atomic E-state index is -3.60. The van der Waals surface area contributed by atoms with E-state index in [-0.39, 0.29) is 17.4 Å². The fourth-order valence-electron chi connectivity index (χ4n) is 2.31. The van der Waals surface area contributed by atoms with Gasteiger partial charge in [-0.2, -0.15) is 0 Å². The highest BCUT2D eigenvalue weighted by atomic mass is 79.9. The van der Waals surface area contributed by atoms with E-state index < -0.39 is 16.1 Å². The quantitative estimate of drug-likeness (QED) is 0.597. The van der Waals surface area contributed by atoms with Crippen LogP contribution in [-0.2, 0) is 10.0 Å². The predicted molar refractivity (Wildman–Crippen MR) is 93.3 cm³/mol. The van der Waals surface area contributed by atoms with Crippen LogP contribution in [0, 0.1) is 5.92 Å². The minimum Gasteiger partial charge on any atom is -0.395 e. The van der Waals surface area contributed by atoms with E-state index >= 15 is 0 Å². The lowest BCUT2D eigenvalue weighted by Crippen LogP contribution is -2.41. The Labute approximate surface area is 142 Å². The van der Waals surface area contributed by atoms with Crippen molar-refractivity contribution in [2.24, 2.45) is 5.92 Å². The fraction of sp³-hybridized carbons (Fsp3) is 0.625. The maximum atomic E-state index is 12.4. The molecule has 0 heterocycles. The summed E-state index contributed by atoms with van der Waals surface area (Å²) >= 11 is 3.29. The van der Waals surface area contributed by atoms with E-state index in [1.165, 1.54) is 12.8 Å². The first-order valence-electron chi connectivity index (χ1n) is 7.79. The van der Waals surface area contributed by atoms with Gasteiger partial charge in [0.25, 0.3) is 0 Å². The molecule has 22 heavy (non-hydrogen) atoms. The molecule has 0 fully saturated rings. The third-order valence-corrected chi connectivity index (χ3v) is 5.86. The lowest BCUT2D eigenvalue weighted by molar-refractivity contribution is 0.214. The first-order valence-corrected chi connectivity index (χ1v) is 10.1. The molecule has 0 amide bonds. The van der Waals surface area contributed by atoms with Crippen molar-refractivity contribution < 1.29 is 13.5 Å². The van der Waals surface area contributed by atoms with Crippen LogP contribution < -0.4 is 4.72 Å². The molecule has 0 bridgehead atoms. The zero-order chi connectivity index (χ0) is 16.6. The third kappa shape index (κ3) is 6.36. The molecule has 1 aromatic rings. The molecule has 4 nitrogen and oxygen atoms in total. The third-order valence-electron chi connectivity index (χ3n) is 3.83. The van der Waals surface area contributed by atoms with Crippen molar-refractivity contribution in [3.05, 3.63) is 28.7 Å². The normalized spacial score (nSPS) is 14.7.